The van der Waals surface area contributed by atoms with Gasteiger partial charge in [-0.15, -0.1) is 5.10 Å². The largest absolute Gasteiger partial charge is 0.463 e. The lowest BCUT2D eigenvalue weighted by atomic mass is 10.2. The van der Waals surface area contributed by atoms with Crippen LogP contribution in [0, 0.1) is 0 Å². The highest BCUT2D eigenvalue weighted by molar-refractivity contribution is 6.29. The highest BCUT2D eigenvalue weighted by atomic mass is 35.5. The quantitative estimate of drug-likeness (QED) is 0.613. The lowest BCUT2D eigenvalue weighted by molar-refractivity contribution is 0.0587. The molecule has 7 heteroatoms. The zero-order valence-electron chi connectivity index (χ0n) is 9.47. The number of carbonyl (C=O) groups excluding carboxylic acids is 1. The first-order valence-corrected chi connectivity index (χ1v) is 5.54. The van der Waals surface area contributed by atoms with E-state index in [1.165, 1.54) is 11.6 Å². The predicted octanol–water partition coefficient (Wildman–Crippen LogP) is 1.52. The number of halogens is 1. The number of aromatic nitrogens is 4. The van der Waals surface area contributed by atoms with Gasteiger partial charge in [0.25, 0.3) is 11.6 Å². The normalized spacial score (nSPS) is 10.8. The molecule has 0 saturated heterocycles. The smallest absolute Gasteiger partial charge is 0.378 e. The second-order valence-electron chi connectivity index (χ2n) is 3.46. The molecule has 2 aromatic heterocycles. The average molecular weight is 255 g/mol. The first-order chi connectivity index (χ1) is 8.15. The van der Waals surface area contributed by atoms with Gasteiger partial charge in [0.15, 0.2) is 0 Å². The van der Waals surface area contributed by atoms with Crippen molar-refractivity contribution in [1.82, 2.24) is 19.6 Å². The Kier molecular flexibility index (Phi) is 3.23. The number of nitrogens with zero attached hydrogens (tertiary/aromatic N) is 4. The Morgan fingerprint density at radius 2 is 2.29 bits per heavy atom. The Balaban J connectivity index is 2.52. The molecule has 0 bridgehead atoms. The third-order valence-corrected chi connectivity index (χ3v) is 2.47. The van der Waals surface area contributed by atoms with Crippen molar-refractivity contribution in [3.05, 3.63) is 22.7 Å². The molecule has 0 aliphatic heterocycles. The molecule has 0 atom stereocenters. The molecule has 0 unspecified atom stereocenters. The third-order valence-electron chi connectivity index (χ3n) is 2.20. The summed E-state index contributed by atoms with van der Waals surface area (Å²) in [6, 6.07) is 1.72. The lowest BCUT2D eigenvalue weighted by Gasteiger charge is -1.99. The van der Waals surface area contributed by atoms with Gasteiger partial charge in [0.05, 0.1) is 7.11 Å². The van der Waals surface area contributed by atoms with Crippen LogP contribution in [0.1, 0.15) is 29.7 Å². The number of hydrogen-bond donors (Lipinski definition) is 0. The molecule has 2 heterocycles. The number of fused-ring (bicyclic) bond motifs is 1. The Morgan fingerprint density at radius 1 is 1.53 bits per heavy atom. The van der Waals surface area contributed by atoms with E-state index < -0.39 is 5.97 Å². The highest BCUT2D eigenvalue weighted by Crippen LogP contribution is 2.13. The van der Waals surface area contributed by atoms with Crippen LogP contribution in [-0.4, -0.2) is 32.7 Å². The maximum absolute atomic E-state index is 11.3. The molecule has 0 aromatic carbocycles. The zero-order chi connectivity index (χ0) is 12.4. The first-order valence-electron chi connectivity index (χ1n) is 5.16. The topological polar surface area (TPSA) is 69.4 Å². The Labute approximate surface area is 103 Å². The van der Waals surface area contributed by atoms with Crippen molar-refractivity contribution in [2.45, 2.75) is 19.8 Å². The molecule has 0 spiro atoms. The maximum Gasteiger partial charge on any atom is 0.378 e. The molecule has 0 aliphatic carbocycles. The number of carbonyl (C=O) groups is 1. The van der Waals surface area contributed by atoms with Gasteiger partial charge >= 0.3 is 5.97 Å². The van der Waals surface area contributed by atoms with Gasteiger partial charge in [0.1, 0.15) is 5.15 Å². The van der Waals surface area contributed by atoms with Gasteiger partial charge in [-0.1, -0.05) is 24.9 Å². The van der Waals surface area contributed by atoms with Crippen molar-refractivity contribution in [2.24, 2.45) is 0 Å². The van der Waals surface area contributed by atoms with E-state index in [1.807, 2.05) is 6.92 Å². The molecule has 0 aliphatic rings. The van der Waals surface area contributed by atoms with E-state index in [4.69, 9.17) is 11.6 Å². The molecule has 2 aromatic rings. The zero-order valence-corrected chi connectivity index (χ0v) is 10.2. The average Bonchev–Trinajstić information content (AvgIpc) is 2.73. The molecule has 0 N–H and O–H groups in total. The summed E-state index contributed by atoms with van der Waals surface area (Å²) >= 11 is 6.03. The number of ether oxygens (including phenoxy) is 1. The molecule has 6 nitrogen and oxygen atoms in total. The maximum atomic E-state index is 11.3. The van der Waals surface area contributed by atoms with Crippen LogP contribution >= 0.6 is 11.6 Å². The summed E-state index contributed by atoms with van der Waals surface area (Å²) in [5, 5.41) is 4.30. The minimum atomic E-state index is -0.608. The van der Waals surface area contributed by atoms with Gasteiger partial charge < -0.3 is 4.74 Å². The number of methoxy groups -OCH3 is 1. The molecule has 0 fully saturated rings. The van der Waals surface area contributed by atoms with Crippen LogP contribution in [0.4, 0.5) is 0 Å². The number of aryl methyl sites for hydroxylation is 1. The van der Waals surface area contributed by atoms with Crippen molar-refractivity contribution in [1.29, 1.82) is 0 Å². The Bertz CT molecular complexity index is 567. The van der Waals surface area contributed by atoms with E-state index in [-0.39, 0.29) is 5.82 Å². The number of rotatable bonds is 3. The summed E-state index contributed by atoms with van der Waals surface area (Å²) in [4.78, 5) is 19.5. The molecule has 0 radical (unpaired) electrons. The van der Waals surface area contributed by atoms with Gasteiger partial charge in [-0.25, -0.2) is 9.78 Å². The van der Waals surface area contributed by atoms with Gasteiger partial charge in [0.2, 0.25) is 0 Å². The summed E-state index contributed by atoms with van der Waals surface area (Å²) in [5.74, 6) is -0.347. The summed E-state index contributed by atoms with van der Waals surface area (Å²) in [6.07, 6.45) is 1.76. The van der Waals surface area contributed by atoms with Crippen molar-refractivity contribution >= 4 is 23.3 Å². The molecule has 17 heavy (non-hydrogen) atoms. The lowest BCUT2D eigenvalue weighted by Crippen LogP contribution is -2.03. The molecule has 0 amide bonds. The van der Waals surface area contributed by atoms with Crippen LogP contribution in [-0.2, 0) is 11.2 Å². The third kappa shape index (κ3) is 2.21. The molecule has 90 valence electrons. The summed E-state index contributed by atoms with van der Waals surface area (Å²) in [5.41, 5.74) is 0.828. The second-order valence-corrected chi connectivity index (χ2v) is 3.85. The van der Waals surface area contributed by atoms with Crippen LogP contribution in [0.5, 0.6) is 0 Å². The van der Waals surface area contributed by atoms with E-state index in [0.29, 0.717) is 10.9 Å². The van der Waals surface area contributed by atoms with Crippen molar-refractivity contribution in [3.63, 3.8) is 0 Å². The monoisotopic (exact) mass is 254 g/mol. The molecular weight excluding hydrogens is 244 g/mol. The van der Waals surface area contributed by atoms with Crippen LogP contribution in [0.15, 0.2) is 6.07 Å². The van der Waals surface area contributed by atoms with Crippen LogP contribution in [0.2, 0.25) is 5.15 Å². The van der Waals surface area contributed by atoms with E-state index in [2.05, 4.69) is 19.8 Å². The fourth-order valence-electron chi connectivity index (χ4n) is 1.44. The van der Waals surface area contributed by atoms with E-state index in [0.717, 1.165) is 18.5 Å². The standard InChI is InChI=1S/C10H11ClN4O2/c1-3-4-6-5-7(11)15-10(12-6)13-8(14-15)9(16)17-2/h5H,3-4H2,1-2H3. The highest BCUT2D eigenvalue weighted by Gasteiger charge is 2.15. The van der Waals surface area contributed by atoms with E-state index in [9.17, 15) is 4.79 Å². The van der Waals surface area contributed by atoms with Gasteiger partial charge in [-0.05, 0) is 12.5 Å². The SMILES string of the molecule is CCCc1cc(Cl)n2nc(C(=O)OC)nc2n1. The Morgan fingerprint density at radius 3 is 2.94 bits per heavy atom. The fraction of sp³-hybridized carbons (Fsp3) is 0.400. The van der Waals surface area contributed by atoms with Crippen molar-refractivity contribution in [2.75, 3.05) is 7.11 Å². The van der Waals surface area contributed by atoms with Crippen molar-refractivity contribution in [3.8, 4) is 0 Å². The molecule has 2 rings (SSSR count). The van der Waals surface area contributed by atoms with Gasteiger partial charge in [-0.3, -0.25) is 0 Å². The first kappa shape index (κ1) is 11.8. The van der Waals surface area contributed by atoms with Gasteiger partial charge in [0, 0.05) is 5.69 Å². The molecular formula is C10H11ClN4O2. The number of esters is 1. The predicted molar refractivity (Wildman–Crippen MR) is 61.1 cm³/mol. The summed E-state index contributed by atoms with van der Waals surface area (Å²) in [6.45, 7) is 2.05. The minimum Gasteiger partial charge on any atom is -0.463 e. The van der Waals surface area contributed by atoms with Crippen LogP contribution in [0.25, 0.3) is 5.78 Å². The van der Waals surface area contributed by atoms with E-state index >= 15 is 0 Å². The summed E-state index contributed by atoms with van der Waals surface area (Å²) in [7, 11) is 1.27. The summed E-state index contributed by atoms with van der Waals surface area (Å²) < 4.78 is 5.85. The number of hydrogen-bond acceptors (Lipinski definition) is 5. The van der Waals surface area contributed by atoms with Crippen LogP contribution in [0.3, 0.4) is 0 Å². The fourth-order valence-corrected chi connectivity index (χ4v) is 1.68. The molecule has 0 saturated carbocycles. The second kappa shape index (κ2) is 4.67. The Hall–Kier alpha value is -1.69. The minimum absolute atomic E-state index is 0.0458. The van der Waals surface area contributed by atoms with Crippen molar-refractivity contribution < 1.29 is 9.53 Å². The van der Waals surface area contributed by atoms with E-state index in [1.54, 1.807) is 6.07 Å². The van der Waals surface area contributed by atoms with Gasteiger partial charge in [-0.2, -0.15) is 9.50 Å². The van der Waals surface area contributed by atoms with Crippen LogP contribution < -0.4 is 0 Å².